The lowest BCUT2D eigenvalue weighted by Gasteiger charge is -2.07. The molecule has 0 aliphatic rings. The Bertz CT molecular complexity index is 424. The van der Waals surface area contributed by atoms with E-state index >= 15 is 0 Å². The van der Waals surface area contributed by atoms with Crippen LogP contribution in [0.15, 0.2) is 24.3 Å². The second-order valence-corrected chi connectivity index (χ2v) is 3.78. The number of terminal acetylenes is 1. The molecule has 0 aromatic heterocycles. The van der Waals surface area contributed by atoms with Crippen LogP contribution in [0.5, 0.6) is 0 Å². The topological polar surface area (TPSA) is 50.4 Å². The van der Waals surface area contributed by atoms with Gasteiger partial charge in [-0.15, -0.1) is 6.42 Å². The summed E-state index contributed by atoms with van der Waals surface area (Å²) in [6, 6.07) is 7.40. The number of hydrogen-bond donors (Lipinski definition) is 2. The highest BCUT2D eigenvalue weighted by atomic mass is 16.5. The van der Waals surface area contributed by atoms with Crippen molar-refractivity contribution in [2.75, 3.05) is 32.1 Å². The second-order valence-electron chi connectivity index (χ2n) is 3.78. The molecule has 1 rings (SSSR count). The Morgan fingerprint density at radius 2 is 2.33 bits per heavy atom. The zero-order valence-corrected chi connectivity index (χ0v) is 10.5. The third-order valence-electron chi connectivity index (χ3n) is 2.33. The summed E-state index contributed by atoms with van der Waals surface area (Å²) in [4.78, 5) is 11.5. The van der Waals surface area contributed by atoms with Crippen LogP contribution in [0.25, 0.3) is 0 Å². The smallest absolute Gasteiger partial charge is 0.239 e. The van der Waals surface area contributed by atoms with Crippen molar-refractivity contribution in [1.29, 1.82) is 0 Å². The van der Waals surface area contributed by atoms with Gasteiger partial charge >= 0.3 is 0 Å². The number of rotatable bonds is 7. The normalized spacial score (nSPS) is 9.56. The van der Waals surface area contributed by atoms with Crippen LogP contribution in [-0.2, 0) is 9.53 Å². The van der Waals surface area contributed by atoms with Crippen LogP contribution < -0.4 is 10.6 Å². The highest BCUT2D eigenvalue weighted by Crippen LogP contribution is 2.08. The maximum Gasteiger partial charge on any atom is 0.239 e. The third-order valence-corrected chi connectivity index (χ3v) is 2.33. The van der Waals surface area contributed by atoms with E-state index in [0.717, 1.165) is 17.7 Å². The Labute approximate surface area is 108 Å². The minimum Gasteiger partial charge on any atom is -0.385 e. The zero-order chi connectivity index (χ0) is 13.2. The van der Waals surface area contributed by atoms with Gasteiger partial charge in [0.15, 0.2) is 0 Å². The van der Waals surface area contributed by atoms with Crippen LogP contribution >= 0.6 is 0 Å². The Morgan fingerprint density at radius 3 is 3.06 bits per heavy atom. The van der Waals surface area contributed by atoms with E-state index in [1.165, 1.54) is 0 Å². The molecule has 0 spiro atoms. The van der Waals surface area contributed by atoms with E-state index in [1.807, 2.05) is 24.3 Å². The number of amides is 1. The first kappa shape index (κ1) is 14.1. The number of nitrogens with one attached hydrogen (secondary N) is 2. The Hall–Kier alpha value is -1.99. The van der Waals surface area contributed by atoms with Crippen molar-refractivity contribution >= 4 is 11.6 Å². The van der Waals surface area contributed by atoms with Crippen LogP contribution in [0.1, 0.15) is 12.0 Å². The van der Waals surface area contributed by atoms with Crippen molar-refractivity contribution < 1.29 is 9.53 Å². The van der Waals surface area contributed by atoms with Gasteiger partial charge < -0.3 is 15.4 Å². The molecule has 18 heavy (non-hydrogen) atoms. The Morgan fingerprint density at radius 1 is 1.50 bits per heavy atom. The number of carbonyl (C=O) groups excluding carboxylic acids is 1. The maximum atomic E-state index is 11.5. The van der Waals surface area contributed by atoms with Gasteiger partial charge in [0.05, 0.1) is 6.54 Å². The number of hydrogen-bond acceptors (Lipinski definition) is 3. The standard InChI is InChI=1S/C14H18N2O2/c1-3-12-6-4-7-13(10-12)16-11-14(17)15-8-5-9-18-2/h1,4,6-7,10,16H,5,8-9,11H2,2H3,(H,15,17). The molecule has 0 saturated heterocycles. The first-order chi connectivity index (χ1) is 8.76. The van der Waals surface area contributed by atoms with Gasteiger partial charge in [0.25, 0.3) is 0 Å². The van der Waals surface area contributed by atoms with Crippen LogP contribution in [0, 0.1) is 12.3 Å². The largest absolute Gasteiger partial charge is 0.385 e. The van der Waals surface area contributed by atoms with Crippen molar-refractivity contribution in [2.45, 2.75) is 6.42 Å². The lowest BCUT2D eigenvalue weighted by Crippen LogP contribution is -2.31. The average Bonchev–Trinajstić information content (AvgIpc) is 2.41. The van der Waals surface area contributed by atoms with Gasteiger partial charge in [-0.1, -0.05) is 12.0 Å². The number of carbonyl (C=O) groups is 1. The zero-order valence-electron chi connectivity index (χ0n) is 10.5. The molecule has 0 fully saturated rings. The van der Waals surface area contributed by atoms with Crippen LogP contribution in [0.2, 0.25) is 0 Å². The lowest BCUT2D eigenvalue weighted by molar-refractivity contribution is -0.119. The van der Waals surface area contributed by atoms with Crippen LogP contribution in [0.3, 0.4) is 0 Å². The summed E-state index contributed by atoms with van der Waals surface area (Å²) in [5.74, 6) is 2.50. The Kier molecular flexibility index (Phi) is 6.37. The van der Waals surface area contributed by atoms with Crippen molar-refractivity contribution in [3.63, 3.8) is 0 Å². The van der Waals surface area contributed by atoms with E-state index in [1.54, 1.807) is 7.11 Å². The molecule has 0 saturated carbocycles. The van der Waals surface area contributed by atoms with Gasteiger partial charge in [-0.05, 0) is 24.6 Å². The molecule has 0 unspecified atom stereocenters. The molecule has 0 atom stereocenters. The number of ether oxygens (including phenoxy) is 1. The molecule has 4 heteroatoms. The molecule has 1 amide bonds. The molecule has 96 valence electrons. The van der Waals surface area contributed by atoms with Gasteiger partial charge in [0.1, 0.15) is 0 Å². The predicted octanol–water partition coefficient (Wildman–Crippen LogP) is 1.23. The molecule has 2 N–H and O–H groups in total. The van der Waals surface area contributed by atoms with Crippen molar-refractivity contribution in [3.8, 4) is 12.3 Å². The minimum absolute atomic E-state index is 0.0442. The average molecular weight is 246 g/mol. The fourth-order valence-corrected chi connectivity index (χ4v) is 1.41. The van der Waals surface area contributed by atoms with Crippen molar-refractivity contribution in [1.82, 2.24) is 5.32 Å². The fourth-order valence-electron chi connectivity index (χ4n) is 1.41. The highest BCUT2D eigenvalue weighted by molar-refractivity contribution is 5.80. The number of anilines is 1. The van der Waals surface area contributed by atoms with E-state index in [9.17, 15) is 4.79 Å². The van der Waals surface area contributed by atoms with Crippen molar-refractivity contribution in [2.24, 2.45) is 0 Å². The van der Waals surface area contributed by atoms with Gasteiger partial charge in [0.2, 0.25) is 5.91 Å². The molecule has 0 heterocycles. The molecular formula is C14H18N2O2. The summed E-state index contributed by atoms with van der Waals surface area (Å²) in [5.41, 5.74) is 1.64. The van der Waals surface area contributed by atoms with E-state index in [0.29, 0.717) is 13.2 Å². The molecule has 0 radical (unpaired) electrons. The SMILES string of the molecule is C#Cc1cccc(NCC(=O)NCCCOC)c1. The molecular weight excluding hydrogens is 228 g/mol. The summed E-state index contributed by atoms with van der Waals surface area (Å²) in [5, 5.41) is 5.82. The molecule has 4 nitrogen and oxygen atoms in total. The summed E-state index contributed by atoms with van der Waals surface area (Å²) in [6.45, 7) is 1.51. The molecule has 0 bridgehead atoms. The highest BCUT2D eigenvalue weighted by Gasteiger charge is 2.00. The maximum absolute atomic E-state index is 11.5. The first-order valence-electron chi connectivity index (χ1n) is 5.82. The number of methoxy groups -OCH3 is 1. The van der Waals surface area contributed by atoms with E-state index in [-0.39, 0.29) is 12.5 Å². The summed E-state index contributed by atoms with van der Waals surface area (Å²) in [7, 11) is 1.64. The van der Waals surface area contributed by atoms with E-state index < -0.39 is 0 Å². The molecule has 1 aromatic carbocycles. The fraction of sp³-hybridized carbons (Fsp3) is 0.357. The summed E-state index contributed by atoms with van der Waals surface area (Å²) < 4.78 is 4.89. The monoisotopic (exact) mass is 246 g/mol. The quantitative estimate of drug-likeness (QED) is 0.562. The van der Waals surface area contributed by atoms with Crippen LogP contribution in [-0.4, -0.2) is 32.7 Å². The van der Waals surface area contributed by atoms with Gasteiger partial charge in [-0.3, -0.25) is 4.79 Å². The van der Waals surface area contributed by atoms with E-state index in [2.05, 4.69) is 16.6 Å². The third kappa shape index (κ3) is 5.37. The molecule has 0 aliphatic heterocycles. The Balaban J connectivity index is 2.27. The predicted molar refractivity (Wildman–Crippen MR) is 72.4 cm³/mol. The molecule has 0 aliphatic carbocycles. The van der Waals surface area contributed by atoms with Crippen molar-refractivity contribution in [3.05, 3.63) is 29.8 Å². The summed E-state index contributed by atoms with van der Waals surface area (Å²) in [6.07, 6.45) is 6.11. The second kappa shape index (κ2) is 8.15. The van der Waals surface area contributed by atoms with Gasteiger partial charge in [-0.25, -0.2) is 0 Å². The lowest BCUT2D eigenvalue weighted by atomic mass is 10.2. The first-order valence-corrected chi connectivity index (χ1v) is 5.82. The summed E-state index contributed by atoms with van der Waals surface area (Å²) >= 11 is 0. The minimum atomic E-state index is -0.0442. The van der Waals surface area contributed by atoms with Gasteiger partial charge in [0, 0.05) is 31.5 Å². The van der Waals surface area contributed by atoms with Gasteiger partial charge in [-0.2, -0.15) is 0 Å². The number of benzene rings is 1. The van der Waals surface area contributed by atoms with E-state index in [4.69, 9.17) is 11.2 Å². The van der Waals surface area contributed by atoms with Crippen LogP contribution in [0.4, 0.5) is 5.69 Å². The molecule has 1 aromatic rings.